The lowest BCUT2D eigenvalue weighted by atomic mass is 9.88. The first kappa shape index (κ1) is 15.1. The molecule has 7 nitrogen and oxygen atoms in total. The normalized spacial score (nSPS) is 27.9. The van der Waals surface area contributed by atoms with Gasteiger partial charge in [-0.25, -0.2) is 4.79 Å². The molecule has 3 aliphatic carbocycles. The third kappa shape index (κ3) is 2.23. The summed E-state index contributed by atoms with van der Waals surface area (Å²) < 4.78 is 2.58. The van der Waals surface area contributed by atoms with Gasteiger partial charge in [-0.1, -0.05) is 12.2 Å². The summed E-state index contributed by atoms with van der Waals surface area (Å²) in [6.45, 7) is 0.726. The second-order valence-corrected chi connectivity index (χ2v) is 8.16. The van der Waals surface area contributed by atoms with Crippen molar-refractivity contribution in [3.8, 4) is 5.00 Å². The van der Waals surface area contributed by atoms with Crippen molar-refractivity contribution >= 4 is 17.2 Å². The first-order chi connectivity index (χ1) is 12.2. The van der Waals surface area contributed by atoms with Crippen molar-refractivity contribution in [1.29, 1.82) is 0 Å². The van der Waals surface area contributed by atoms with Gasteiger partial charge in [0.15, 0.2) is 0 Å². The summed E-state index contributed by atoms with van der Waals surface area (Å²) in [5, 5.41) is 13.4. The Bertz CT molecular complexity index is 893. The van der Waals surface area contributed by atoms with Crippen molar-refractivity contribution in [3.05, 3.63) is 40.1 Å². The molecule has 5 rings (SSSR count). The van der Waals surface area contributed by atoms with Gasteiger partial charge in [0, 0.05) is 12.5 Å². The number of aromatic nitrogens is 4. The van der Waals surface area contributed by atoms with E-state index in [-0.39, 0.29) is 17.5 Å². The fraction of sp³-hybridized carbons (Fsp3) is 0.529. The maximum atomic E-state index is 12.5. The van der Waals surface area contributed by atoms with Crippen LogP contribution in [0.3, 0.4) is 0 Å². The van der Waals surface area contributed by atoms with E-state index in [1.165, 1.54) is 33.5 Å². The zero-order chi connectivity index (χ0) is 17.0. The maximum Gasteiger partial charge on any atom is 0.369 e. The van der Waals surface area contributed by atoms with E-state index in [0.717, 1.165) is 11.4 Å². The summed E-state index contributed by atoms with van der Waals surface area (Å²) in [6.07, 6.45) is 8.06. The minimum atomic E-state index is -0.281. The van der Waals surface area contributed by atoms with E-state index in [4.69, 9.17) is 0 Å². The van der Waals surface area contributed by atoms with E-state index in [1.807, 2.05) is 17.5 Å². The number of nitrogens with one attached hydrogen (secondary N) is 1. The van der Waals surface area contributed by atoms with Crippen LogP contribution in [-0.2, 0) is 11.3 Å². The Hall–Kier alpha value is -2.22. The van der Waals surface area contributed by atoms with Crippen LogP contribution < -0.4 is 11.0 Å². The van der Waals surface area contributed by atoms with Crippen molar-refractivity contribution in [3.63, 3.8) is 0 Å². The predicted molar refractivity (Wildman–Crippen MR) is 92.4 cm³/mol. The minimum absolute atomic E-state index is 0.0935. The quantitative estimate of drug-likeness (QED) is 0.816. The zero-order valence-electron chi connectivity index (χ0n) is 13.7. The molecule has 1 N–H and O–H groups in total. The highest BCUT2D eigenvalue weighted by atomic mass is 32.1. The molecular weight excluding hydrogens is 338 g/mol. The molecule has 2 aromatic heterocycles. The summed E-state index contributed by atoms with van der Waals surface area (Å²) in [7, 11) is 0. The predicted octanol–water partition coefficient (Wildman–Crippen LogP) is 1.21. The Labute approximate surface area is 148 Å². The van der Waals surface area contributed by atoms with Gasteiger partial charge < -0.3 is 5.32 Å². The van der Waals surface area contributed by atoms with E-state index >= 15 is 0 Å². The van der Waals surface area contributed by atoms with Crippen molar-refractivity contribution in [1.82, 2.24) is 25.1 Å². The fourth-order valence-corrected chi connectivity index (χ4v) is 5.30. The fourth-order valence-electron chi connectivity index (χ4n) is 4.63. The molecule has 3 atom stereocenters. The van der Waals surface area contributed by atoms with E-state index in [2.05, 4.69) is 27.9 Å². The second-order valence-electron chi connectivity index (χ2n) is 7.23. The first-order valence-corrected chi connectivity index (χ1v) is 9.60. The SMILES string of the molecule is O=C(NCCn1nnn(-c2cccs2)c1=O)[C@@H]1C[C@H]2C=C[C@H]1C21CC1. The zero-order valence-corrected chi connectivity index (χ0v) is 14.5. The molecule has 2 heterocycles. The maximum absolute atomic E-state index is 12.5. The van der Waals surface area contributed by atoms with Crippen molar-refractivity contribution < 1.29 is 4.79 Å². The molecule has 0 aliphatic heterocycles. The third-order valence-electron chi connectivity index (χ3n) is 6.04. The number of amides is 1. The van der Waals surface area contributed by atoms with Crippen LogP contribution in [0, 0.1) is 23.2 Å². The van der Waals surface area contributed by atoms with Gasteiger partial charge in [0.25, 0.3) is 0 Å². The van der Waals surface area contributed by atoms with E-state index < -0.39 is 0 Å². The van der Waals surface area contributed by atoms with Gasteiger partial charge >= 0.3 is 5.69 Å². The largest absolute Gasteiger partial charge is 0.369 e. The summed E-state index contributed by atoms with van der Waals surface area (Å²) in [6, 6.07) is 3.69. The number of tetrazole rings is 1. The van der Waals surface area contributed by atoms with Crippen LogP contribution in [0.2, 0.25) is 0 Å². The van der Waals surface area contributed by atoms with Crippen LogP contribution in [0.4, 0.5) is 0 Å². The average Bonchev–Trinajstić information content (AvgIpc) is 2.92. The molecule has 2 fully saturated rings. The third-order valence-corrected chi connectivity index (χ3v) is 6.88. The van der Waals surface area contributed by atoms with Crippen LogP contribution in [0.25, 0.3) is 5.00 Å². The summed E-state index contributed by atoms with van der Waals surface area (Å²) in [5.41, 5.74) is 0.138. The molecule has 2 saturated carbocycles. The van der Waals surface area contributed by atoms with Crippen molar-refractivity contribution in [2.45, 2.75) is 25.8 Å². The molecule has 1 amide bonds. The molecule has 130 valence electrons. The van der Waals surface area contributed by atoms with Crippen LogP contribution in [0.15, 0.2) is 34.5 Å². The van der Waals surface area contributed by atoms with Gasteiger partial charge in [-0.3, -0.25) is 4.79 Å². The number of nitrogens with zero attached hydrogens (tertiary/aromatic N) is 4. The smallest absolute Gasteiger partial charge is 0.354 e. The van der Waals surface area contributed by atoms with Crippen LogP contribution in [-0.4, -0.2) is 32.2 Å². The van der Waals surface area contributed by atoms with Crippen LogP contribution in [0.5, 0.6) is 0 Å². The molecule has 0 unspecified atom stereocenters. The number of allylic oxidation sites excluding steroid dienone is 2. The van der Waals surface area contributed by atoms with Crippen LogP contribution in [0.1, 0.15) is 19.3 Å². The summed E-state index contributed by atoms with van der Waals surface area (Å²) in [5.74, 6) is 1.22. The highest BCUT2D eigenvalue weighted by Gasteiger charge is 2.63. The second kappa shape index (κ2) is 5.39. The van der Waals surface area contributed by atoms with Crippen molar-refractivity contribution in [2.24, 2.45) is 23.2 Å². The Balaban J connectivity index is 1.20. The standard InChI is InChI=1S/C17H19N5O2S/c23-15(12-10-11-3-4-13(12)17(11)5-6-17)18-7-8-21-16(24)22(20-19-21)14-2-1-9-25-14/h1-4,9,11-13H,5-8,10H2,(H,18,23)/t11-,12-,13-/m1/s1. The Kier molecular flexibility index (Phi) is 3.25. The van der Waals surface area contributed by atoms with E-state index in [1.54, 1.807) is 0 Å². The lowest BCUT2D eigenvalue weighted by Gasteiger charge is -2.19. The van der Waals surface area contributed by atoms with Gasteiger partial charge in [0.2, 0.25) is 5.91 Å². The highest BCUT2D eigenvalue weighted by molar-refractivity contribution is 7.12. The molecular formula is C17H19N5O2S. The number of carbonyl (C=O) groups excluding carboxylic acids is 1. The van der Waals surface area contributed by atoms with Crippen molar-refractivity contribution in [2.75, 3.05) is 6.54 Å². The Morgan fingerprint density at radius 1 is 1.36 bits per heavy atom. The number of hydrogen-bond donors (Lipinski definition) is 1. The molecule has 1 spiro atoms. The summed E-state index contributed by atoms with van der Waals surface area (Å²) >= 11 is 1.43. The van der Waals surface area contributed by atoms with Gasteiger partial charge in [-0.15, -0.1) is 11.3 Å². The van der Waals surface area contributed by atoms with Gasteiger partial charge in [-0.05, 0) is 64.5 Å². The molecule has 25 heavy (non-hydrogen) atoms. The van der Waals surface area contributed by atoms with Gasteiger partial charge in [0.05, 0.1) is 6.54 Å². The molecule has 2 aromatic rings. The minimum Gasteiger partial charge on any atom is -0.354 e. The molecule has 8 heteroatoms. The number of thiophene rings is 1. The van der Waals surface area contributed by atoms with Crippen LogP contribution >= 0.6 is 11.3 Å². The van der Waals surface area contributed by atoms with Gasteiger partial charge in [-0.2, -0.15) is 9.36 Å². The average molecular weight is 357 g/mol. The molecule has 0 radical (unpaired) electrons. The molecule has 0 saturated heterocycles. The monoisotopic (exact) mass is 357 g/mol. The molecule has 0 aromatic carbocycles. The Morgan fingerprint density at radius 3 is 2.96 bits per heavy atom. The molecule has 3 aliphatic rings. The lowest BCUT2D eigenvalue weighted by molar-refractivity contribution is -0.125. The Morgan fingerprint density at radius 2 is 2.24 bits per heavy atom. The number of carbonyl (C=O) groups is 1. The first-order valence-electron chi connectivity index (χ1n) is 8.72. The summed E-state index contributed by atoms with van der Waals surface area (Å²) in [4.78, 5) is 24.8. The van der Waals surface area contributed by atoms with Gasteiger partial charge in [0.1, 0.15) is 5.00 Å². The topological polar surface area (TPSA) is 81.8 Å². The number of hydrogen-bond acceptors (Lipinski definition) is 5. The number of rotatable bonds is 5. The van der Waals surface area contributed by atoms with E-state index in [0.29, 0.717) is 30.3 Å². The molecule has 2 bridgehead atoms. The van der Waals surface area contributed by atoms with E-state index in [9.17, 15) is 9.59 Å². The lowest BCUT2D eigenvalue weighted by Crippen LogP contribution is -2.37. The highest BCUT2D eigenvalue weighted by Crippen LogP contribution is 2.70.